The summed E-state index contributed by atoms with van der Waals surface area (Å²) >= 11 is 0. The van der Waals surface area contributed by atoms with Gasteiger partial charge in [0.1, 0.15) is 17.5 Å². The molecule has 1 fully saturated rings. The third-order valence-corrected chi connectivity index (χ3v) is 4.89. The van der Waals surface area contributed by atoms with Crippen LogP contribution in [-0.2, 0) is 4.74 Å². The van der Waals surface area contributed by atoms with Crippen molar-refractivity contribution in [3.63, 3.8) is 0 Å². The van der Waals surface area contributed by atoms with Crippen molar-refractivity contribution in [2.24, 2.45) is 5.92 Å². The van der Waals surface area contributed by atoms with E-state index in [-0.39, 0.29) is 17.5 Å². The molecule has 1 aliphatic rings. The van der Waals surface area contributed by atoms with Crippen molar-refractivity contribution in [1.29, 1.82) is 0 Å². The molecule has 28 heavy (non-hydrogen) atoms. The second-order valence-electron chi connectivity index (χ2n) is 7.33. The Morgan fingerprint density at radius 1 is 1.25 bits per heavy atom. The molecule has 0 radical (unpaired) electrons. The summed E-state index contributed by atoms with van der Waals surface area (Å²) in [5.74, 6) is -0.611. The first kappa shape index (κ1) is 20.2. The highest BCUT2D eigenvalue weighted by Crippen LogP contribution is 2.25. The summed E-state index contributed by atoms with van der Waals surface area (Å²) < 4.78 is 32.3. The lowest BCUT2D eigenvalue weighted by atomic mass is 9.97. The minimum Gasteiger partial charge on any atom is -0.381 e. The van der Waals surface area contributed by atoms with E-state index >= 15 is 0 Å². The second kappa shape index (κ2) is 9.10. The molecule has 0 saturated carbocycles. The zero-order valence-corrected chi connectivity index (χ0v) is 16.1. The highest BCUT2D eigenvalue weighted by atomic mass is 19.1. The normalized spacial score (nSPS) is 14.9. The summed E-state index contributed by atoms with van der Waals surface area (Å²) in [6.45, 7) is 6.04. The molecule has 150 valence electrons. The van der Waals surface area contributed by atoms with E-state index in [4.69, 9.17) is 4.74 Å². The van der Waals surface area contributed by atoms with Gasteiger partial charge in [0.25, 0.3) is 5.91 Å². The third-order valence-electron chi connectivity index (χ3n) is 4.89. The highest BCUT2D eigenvalue weighted by molar-refractivity contribution is 5.95. The first-order valence-corrected chi connectivity index (χ1v) is 9.52. The molecular formula is C21H25F2N3O2. The van der Waals surface area contributed by atoms with Crippen LogP contribution in [-0.4, -0.2) is 30.6 Å². The van der Waals surface area contributed by atoms with E-state index in [9.17, 15) is 13.6 Å². The summed E-state index contributed by atoms with van der Waals surface area (Å²) in [5, 5.41) is 5.84. The van der Waals surface area contributed by atoms with Crippen molar-refractivity contribution in [3.8, 4) is 0 Å². The maximum atomic E-state index is 13.9. The Kier molecular flexibility index (Phi) is 6.57. The molecule has 0 atom stereocenters. The summed E-state index contributed by atoms with van der Waals surface area (Å²) in [7, 11) is 0. The molecule has 0 bridgehead atoms. The topological polar surface area (TPSA) is 63.2 Å². The number of hydrogen-bond acceptors (Lipinski definition) is 4. The molecule has 1 aromatic carbocycles. The van der Waals surface area contributed by atoms with Gasteiger partial charge in [0, 0.05) is 32.0 Å². The minimum absolute atomic E-state index is 0.0745. The molecule has 1 saturated heterocycles. The van der Waals surface area contributed by atoms with Gasteiger partial charge in [-0.1, -0.05) is 13.8 Å². The number of amides is 1. The molecule has 0 spiro atoms. The Hall–Kier alpha value is -2.54. The lowest BCUT2D eigenvalue weighted by Gasteiger charge is -2.22. The number of rotatable bonds is 6. The van der Waals surface area contributed by atoms with Crippen LogP contribution in [0.3, 0.4) is 0 Å². The number of pyridine rings is 1. The maximum absolute atomic E-state index is 13.9. The summed E-state index contributed by atoms with van der Waals surface area (Å²) in [5.41, 5.74) is 1.44. The highest BCUT2D eigenvalue weighted by Gasteiger charge is 2.19. The van der Waals surface area contributed by atoms with Crippen molar-refractivity contribution in [3.05, 3.63) is 53.2 Å². The largest absolute Gasteiger partial charge is 0.381 e. The molecule has 1 aromatic heterocycles. The molecule has 1 aliphatic heterocycles. The predicted octanol–water partition coefficient (Wildman–Crippen LogP) is 4.38. The molecule has 2 aromatic rings. The molecule has 5 nitrogen and oxygen atoms in total. The first-order chi connectivity index (χ1) is 13.4. The van der Waals surface area contributed by atoms with E-state index in [0.29, 0.717) is 23.8 Å². The fourth-order valence-electron chi connectivity index (χ4n) is 3.22. The Morgan fingerprint density at radius 2 is 2.00 bits per heavy atom. The fraction of sp³-hybridized carbons (Fsp3) is 0.429. The van der Waals surface area contributed by atoms with Gasteiger partial charge in [0.2, 0.25) is 0 Å². The van der Waals surface area contributed by atoms with Crippen LogP contribution in [0.15, 0.2) is 30.5 Å². The second-order valence-corrected chi connectivity index (χ2v) is 7.33. The van der Waals surface area contributed by atoms with Crippen molar-refractivity contribution in [2.75, 3.05) is 25.1 Å². The number of benzene rings is 1. The van der Waals surface area contributed by atoms with E-state index in [2.05, 4.69) is 15.6 Å². The van der Waals surface area contributed by atoms with Crippen LogP contribution in [0.1, 0.15) is 48.5 Å². The number of anilines is 2. The molecule has 7 heteroatoms. The van der Waals surface area contributed by atoms with Crippen LogP contribution in [0.25, 0.3) is 0 Å². The maximum Gasteiger partial charge on any atom is 0.253 e. The minimum atomic E-state index is -0.703. The Balaban J connectivity index is 1.73. The summed E-state index contributed by atoms with van der Waals surface area (Å²) in [4.78, 5) is 16.9. The van der Waals surface area contributed by atoms with Gasteiger partial charge >= 0.3 is 0 Å². The summed E-state index contributed by atoms with van der Waals surface area (Å²) in [6.07, 6.45) is 3.39. The fourth-order valence-corrected chi connectivity index (χ4v) is 3.22. The van der Waals surface area contributed by atoms with Crippen LogP contribution >= 0.6 is 0 Å². The molecule has 2 N–H and O–H groups in total. The SMILES string of the molecule is CC(C)c1cc(Nc2ccc(F)cc2F)ncc1C(=O)NCC1CCOCC1. The van der Waals surface area contributed by atoms with Crippen molar-refractivity contribution < 1.29 is 18.3 Å². The van der Waals surface area contributed by atoms with E-state index in [1.807, 2.05) is 13.8 Å². The number of ether oxygens (including phenoxy) is 1. The van der Waals surface area contributed by atoms with Crippen LogP contribution in [0.5, 0.6) is 0 Å². The molecule has 1 amide bonds. The zero-order chi connectivity index (χ0) is 20.1. The molecular weight excluding hydrogens is 364 g/mol. The van der Waals surface area contributed by atoms with Gasteiger partial charge < -0.3 is 15.4 Å². The standard InChI is InChI=1S/C21H25F2N3O2/c1-13(2)16-10-20(26-19-4-3-15(22)9-18(19)23)24-12-17(16)21(27)25-11-14-5-7-28-8-6-14/h3-4,9-10,12-14H,5-8,11H2,1-2H3,(H,24,26)(H,25,27). The van der Waals surface area contributed by atoms with Crippen LogP contribution in [0.4, 0.5) is 20.3 Å². The van der Waals surface area contributed by atoms with Gasteiger partial charge in [0.05, 0.1) is 11.3 Å². The van der Waals surface area contributed by atoms with Crippen molar-refractivity contribution >= 4 is 17.4 Å². The van der Waals surface area contributed by atoms with E-state index in [0.717, 1.165) is 37.7 Å². The Bertz CT molecular complexity index is 836. The lowest BCUT2D eigenvalue weighted by molar-refractivity contribution is 0.0642. The molecule has 3 rings (SSSR count). The quantitative estimate of drug-likeness (QED) is 0.770. The first-order valence-electron chi connectivity index (χ1n) is 9.52. The average molecular weight is 389 g/mol. The van der Waals surface area contributed by atoms with Crippen LogP contribution < -0.4 is 10.6 Å². The van der Waals surface area contributed by atoms with E-state index in [1.165, 1.54) is 18.3 Å². The molecule has 0 aliphatic carbocycles. The summed E-state index contributed by atoms with van der Waals surface area (Å²) in [6, 6.07) is 5.03. The average Bonchev–Trinajstić information content (AvgIpc) is 2.69. The van der Waals surface area contributed by atoms with Crippen molar-refractivity contribution in [1.82, 2.24) is 10.3 Å². The van der Waals surface area contributed by atoms with Crippen LogP contribution in [0.2, 0.25) is 0 Å². The smallest absolute Gasteiger partial charge is 0.253 e. The Labute approximate surface area is 163 Å². The number of nitrogens with one attached hydrogen (secondary N) is 2. The number of carbonyl (C=O) groups is 1. The van der Waals surface area contributed by atoms with Crippen LogP contribution in [0, 0.1) is 17.6 Å². The molecule has 0 unspecified atom stereocenters. The number of carbonyl (C=O) groups excluding carboxylic acids is 1. The number of nitrogens with zero attached hydrogens (tertiary/aromatic N) is 1. The van der Waals surface area contributed by atoms with Gasteiger partial charge in [-0.15, -0.1) is 0 Å². The lowest BCUT2D eigenvalue weighted by Crippen LogP contribution is -2.32. The number of hydrogen-bond donors (Lipinski definition) is 2. The van der Waals surface area contributed by atoms with E-state index < -0.39 is 11.6 Å². The van der Waals surface area contributed by atoms with Gasteiger partial charge in [-0.3, -0.25) is 4.79 Å². The monoisotopic (exact) mass is 389 g/mol. The van der Waals surface area contributed by atoms with Crippen molar-refractivity contribution in [2.45, 2.75) is 32.6 Å². The van der Waals surface area contributed by atoms with Gasteiger partial charge in [-0.2, -0.15) is 0 Å². The zero-order valence-electron chi connectivity index (χ0n) is 16.1. The predicted molar refractivity (Wildman–Crippen MR) is 104 cm³/mol. The van der Waals surface area contributed by atoms with Gasteiger partial charge in [0.15, 0.2) is 0 Å². The van der Waals surface area contributed by atoms with Gasteiger partial charge in [-0.25, -0.2) is 13.8 Å². The number of aromatic nitrogens is 1. The number of halogens is 2. The van der Waals surface area contributed by atoms with E-state index in [1.54, 1.807) is 6.07 Å². The third kappa shape index (κ3) is 5.04. The van der Waals surface area contributed by atoms with Gasteiger partial charge in [-0.05, 0) is 48.4 Å². The Morgan fingerprint density at radius 3 is 2.68 bits per heavy atom. The molecule has 2 heterocycles.